The monoisotopic (exact) mass is 438 g/mol. The van der Waals surface area contributed by atoms with Gasteiger partial charge in [-0.1, -0.05) is 31.5 Å². The molecule has 168 valence electrons. The van der Waals surface area contributed by atoms with Crippen molar-refractivity contribution in [2.75, 3.05) is 14.2 Å². The van der Waals surface area contributed by atoms with E-state index in [2.05, 4.69) is 28.1 Å². The van der Waals surface area contributed by atoms with E-state index in [0.29, 0.717) is 5.75 Å². The van der Waals surface area contributed by atoms with E-state index in [4.69, 9.17) is 9.47 Å². The number of aryl methyl sites for hydroxylation is 1. The van der Waals surface area contributed by atoms with Crippen LogP contribution in [-0.2, 0) is 17.8 Å². The zero-order valence-electron chi connectivity index (χ0n) is 18.3. The minimum Gasteiger partial charge on any atom is -0.493 e. The summed E-state index contributed by atoms with van der Waals surface area (Å²) < 4.78 is 12.5. The molecule has 0 aliphatic heterocycles. The Kier molecular flexibility index (Phi) is 7.43. The van der Waals surface area contributed by atoms with E-state index < -0.39 is 10.8 Å². The Hall–Kier alpha value is -3.88. The predicted octanol–water partition coefficient (Wildman–Crippen LogP) is 4.06. The van der Waals surface area contributed by atoms with Crippen LogP contribution in [0.5, 0.6) is 11.5 Å². The fourth-order valence-corrected chi connectivity index (χ4v) is 3.50. The summed E-state index contributed by atoms with van der Waals surface area (Å²) in [5.41, 5.74) is 4.43. The molecule has 0 bridgehead atoms. The van der Waals surface area contributed by atoms with E-state index in [9.17, 15) is 14.9 Å². The van der Waals surface area contributed by atoms with Gasteiger partial charge in [0.15, 0.2) is 11.5 Å². The van der Waals surface area contributed by atoms with Crippen LogP contribution in [0, 0.1) is 10.1 Å². The summed E-state index contributed by atoms with van der Waals surface area (Å²) in [6.45, 7) is 3.05. The molecule has 1 aromatic heterocycles. The fraction of sp³-hybridized carbons (Fsp3) is 0.304. The molecule has 3 aromatic rings. The molecule has 1 heterocycles. The smallest absolute Gasteiger partial charge is 0.277 e. The summed E-state index contributed by atoms with van der Waals surface area (Å²) in [5, 5.41) is 16.5. The topological polar surface area (TPSA) is 108 Å². The molecule has 9 nitrogen and oxygen atoms in total. The highest BCUT2D eigenvalue weighted by Crippen LogP contribution is 2.34. The van der Waals surface area contributed by atoms with Crippen molar-refractivity contribution < 1.29 is 19.2 Å². The lowest BCUT2D eigenvalue weighted by Gasteiger charge is -2.10. The highest BCUT2D eigenvalue weighted by molar-refractivity contribution is 5.99. The Bertz CT molecular complexity index is 1150. The molecule has 9 heteroatoms. The maximum absolute atomic E-state index is 12.4. The van der Waals surface area contributed by atoms with Gasteiger partial charge in [-0.05, 0) is 18.6 Å². The van der Waals surface area contributed by atoms with Crippen LogP contribution in [0.3, 0.4) is 0 Å². The number of nitrogens with zero attached hydrogens (tertiary/aromatic N) is 3. The van der Waals surface area contributed by atoms with Crippen LogP contribution < -0.4 is 14.9 Å². The number of rotatable bonds is 10. The van der Waals surface area contributed by atoms with Gasteiger partial charge in [-0.15, -0.1) is 0 Å². The van der Waals surface area contributed by atoms with Crippen molar-refractivity contribution in [1.29, 1.82) is 0 Å². The number of hydrogen-bond acceptors (Lipinski definition) is 6. The zero-order chi connectivity index (χ0) is 23.1. The number of carbonyl (C=O) groups excluding carboxylic acids is 1. The molecule has 0 atom stereocenters. The maximum Gasteiger partial charge on any atom is 0.277 e. The summed E-state index contributed by atoms with van der Waals surface area (Å²) in [6, 6.07) is 10.7. The number of hydrazone groups is 1. The molecule has 0 unspecified atom stereocenters. The Balaban J connectivity index is 1.76. The van der Waals surface area contributed by atoms with Crippen molar-refractivity contribution in [1.82, 2.24) is 9.99 Å². The molecular weight excluding hydrogens is 412 g/mol. The van der Waals surface area contributed by atoms with Crippen molar-refractivity contribution >= 4 is 28.7 Å². The molecular formula is C23H26N4O5. The highest BCUT2D eigenvalue weighted by Gasteiger charge is 2.21. The third-order valence-electron chi connectivity index (χ3n) is 5.10. The number of carbonyl (C=O) groups is 1. The van der Waals surface area contributed by atoms with E-state index in [0.717, 1.165) is 35.9 Å². The van der Waals surface area contributed by atoms with E-state index in [1.807, 2.05) is 24.4 Å². The van der Waals surface area contributed by atoms with Crippen LogP contribution in [0.15, 0.2) is 47.7 Å². The lowest BCUT2D eigenvalue weighted by Crippen LogP contribution is -2.20. The molecule has 0 aliphatic carbocycles. The Morgan fingerprint density at radius 1 is 1.22 bits per heavy atom. The molecule has 1 N–H and O–H groups in total. The number of methoxy groups -OCH3 is 2. The molecule has 32 heavy (non-hydrogen) atoms. The van der Waals surface area contributed by atoms with Gasteiger partial charge in [0.2, 0.25) is 5.91 Å². The second kappa shape index (κ2) is 10.4. The number of unbranched alkanes of at least 4 members (excludes halogenated alkanes) is 1. The first-order valence-corrected chi connectivity index (χ1v) is 10.3. The quantitative estimate of drug-likeness (QED) is 0.292. The van der Waals surface area contributed by atoms with Gasteiger partial charge in [-0.25, -0.2) is 5.43 Å². The normalized spacial score (nSPS) is 11.1. The number of aromatic nitrogens is 1. The summed E-state index contributed by atoms with van der Waals surface area (Å²) in [4.78, 5) is 23.3. The van der Waals surface area contributed by atoms with Crippen LogP contribution in [0.4, 0.5) is 5.69 Å². The Morgan fingerprint density at radius 3 is 2.62 bits per heavy atom. The van der Waals surface area contributed by atoms with E-state index in [-0.39, 0.29) is 23.4 Å². The van der Waals surface area contributed by atoms with E-state index in [1.54, 1.807) is 6.21 Å². The number of para-hydroxylation sites is 1. The second-order valence-corrected chi connectivity index (χ2v) is 7.21. The van der Waals surface area contributed by atoms with Crippen molar-refractivity contribution in [3.8, 4) is 11.5 Å². The molecule has 0 saturated carbocycles. The van der Waals surface area contributed by atoms with Crippen molar-refractivity contribution in [2.45, 2.75) is 32.7 Å². The Morgan fingerprint density at radius 2 is 1.94 bits per heavy atom. The molecule has 0 saturated heterocycles. The molecule has 0 aliphatic rings. The minimum absolute atomic E-state index is 0.205. The third-order valence-corrected chi connectivity index (χ3v) is 5.10. The highest BCUT2D eigenvalue weighted by atomic mass is 16.6. The number of amides is 1. The first-order chi connectivity index (χ1) is 15.5. The van der Waals surface area contributed by atoms with Crippen LogP contribution >= 0.6 is 0 Å². The lowest BCUT2D eigenvalue weighted by molar-refractivity contribution is -0.385. The molecule has 2 aromatic carbocycles. The standard InChI is InChI=1S/C23H26N4O5/c1-4-5-10-26-15-17(18-8-6-7-9-19(18)26)14-24-25-23(28)12-16-11-21(31-2)22(32-3)13-20(16)27(29)30/h6-9,11,13-15H,4-5,10,12H2,1-3H3,(H,25,28)/b24-14+. The van der Waals surface area contributed by atoms with Crippen molar-refractivity contribution in [2.24, 2.45) is 5.10 Å². The van der Waals surface area contributed by atoms with Crippen LogP contribution in [-0.4, -0.2) is 35.8 Å². The number of nitrogens with one attached hydrogen (secondary N) is 1. The van der Waals surface area contributed by atoms with Gasteiger partial charge in [0.1, 0.15) is 0 Å². The van der Waals surface area contributed by atoms with Crippen molar-refractivity contribution in [3.05, 3.63) is 63.8 Å². The van der Waals surface area contributed by atoms with Gasteiger partial charge in [-0.3, -0.25) is 14.9 Å². The van der Waals surface area contributed by atoms with Gasteiger partial charge in [-0.2, -0.15) is 5.10 Å². The molecule has 0 fully saturated rings. The minimum atomic E-state index is -0.557. The Labute approximate surface area is 185 Å². The first kappa shape index (κ1) is 22.8. The van der Waals surface area contributed by atoms with Crippen LogP contribution in [0.25, 0.3) is 10.9 Å². The fourth-order valence-electron chi connectivity index (χ4n) is 3.50. The number of fused-ring (bicyclic) bond motifs is 1. The number of nitro groups is 1. The number of benzene rings is 2. The largest absolute Gasteiger partial charge is 0.493 e. The van der Waals surface area contributed by atoms with Gasteiger partial charge in [0, 0.05) is 34.8 Å². The van der Waals surface area contributed by atoms with Gasteiger partial charge >= 0.3 is 0 Å². The molecule has 0 spiro atoms. The van der Waals surface area contributed by atoms with Gasteiger partial charge in [0.25, 0.3) is 5.69 Å². The molecule has 0 radical (unpaired) electrons. The number of nitro benzene ring substituents is 1. The molecule has 3 rings (SSSR count). The SMILES string of the molecule is CCCCn1cc(/C=N/NC(=O)Cc2cc(OC)c(OC)cc2[N+](=O)[O-])c2ccccc21. The van der Waals surface area contributed by atoms with Crippen molar-refractivity contribution in [3.63, 3.8) is 0 Å². The summed E-state index contributed by atoms with van der Waals surface area (Å²) in [5.74, 6) is 0.0522. The van der Waals surface area contributed by atoms with Gasteiger partial charge in [0.05, 0.1) is 37.8 Å². The maximum atomic E-state index is 12.4. The van der Waals surface area contributed by atoms with Gasteiger partial charge < -0.3 is 14.0 Å². The summed E-state index contributed by atoms with van der Waals surface area (Å²) >= 11 is 0. The second-order valence-electron chi connectivity index (χ2n) is 7.21. The first-order valence-electron chi connectivity index (χ1n) is 10.3. The molecule has 1 amide bonds. The van der Waals surface area contributed by atoms with E-state index in [1.165, 1.54) is 26.4 Å². The van der Waals surface area contributed by atoms with E-state index >= 15 is 0 Å². The third kappa shape index (κ3) is 5.05. The number of ether oxygens (including phenoxy) is 2. The van der Waals surface area contributed by atoms with Crippen LogP contribution in [0.1, 0.15) is 30.9 Å². The predicted molar refractivity (Wildman–Crippen MR) is 122 cm³/mol. The summed E-state index contributed by atoms with van der Waals surface area (Å²) in [7, 11) is 2.82. The van der Waals surface area contributed by atoms with Crippen LogP contribution in [0.2, 0.25) is 0 Å². The zero-order valence-corrected chi connectivity index (χ0v) is 18.3. The number of hydrogen-bond donors (Lipinski definition) is 1. The average molecular weight is 438 g/mol. The summed E-state index contributed by atoms with van der Waals surface area (Å²) in [6.07, 6.45) is 5.53. The lowest BCUT2D eigenvalue weighted by atomic mass is 10.1. The average Bonchev–Trinajstić information content (AvgIpc) is 3.14.